The van der Waals surface area contributed by atoms with Crippen molar-refractivity contribution in [3.8, 4) is 0 Å². The van der Waals surface area contributed by atoms with Crippen LogP contribution in [0.1, 0.15) is 17.5 Å². The summed E-state index contributed by atoms with van der Waals surface area (Å²) in [6.45, 7) is 7.99. The Bertz CT molecular complexity index is 364. The lowest BCUT2D eigenvalue weighted by molar-refractivity contribution is 0.122. The van der Waals surface area contributed by atoms with Gasteiger partial charge in [0.1, 0.15) is 0 Å². The molecule has 2 rings (SSSR count). The summed E-state index contributed by atoms with van der Waals surface area (Å²) in [7, 11) is 1.71. The summed E-state index contributed by atoms with van der Waals surface area (Å²) in [5.41, 5.74) is 1.06. The van der Waals surface area contributed by atoms with Gasteiger partial charge in [-0.1, -0.05) is 6.92 Å². The van der Waals surface area contributed by atoms with Gasteiger partial charge in [-0.15, -0.1) is 11.3 Å². The average molecular weight is 271 g/mol. The number of hydrogen-bond acceptors (Lipinski definition) is 6. The lowest BCUT2D eigenvalue weighted by Crippen LogP contribution is -2.36. The predicted octanol–water partition coefficient (Wildman–Crippen LogP) is 1.24. The Hall–Kier alpha value is -0.690. The van der Waals surface area contributed by atoms with Crippen LogP contribution in [-0.4, -0.2) is 44.9 Å². The molecule has 6 heteroatoms. The first kappa shape index (κ1) is 13.7. The third-order valence-electron chi connectivity index (χ3n) is 2.87. The molecular weight excluding hydrogens is 250 g/mol. The number of ether oxygens (including phenoxy) is 2. The standard InChI is InChI=1S/C12H21N3O2S/c1-3-13-8-11-10(9-16-2)14-12(18-11)15-4-6-17-7-5-15/h13H,3-9H2,1-2H3. The molecule has 0 bridgehead atoms. The zero-order valence-electron chi connectivity index (χ0n) is 11.1. The van der Waals surface area contributed by atoms with E-state index in [1.54, 1.807) is 18.4 Å². The quantitative estimate of drug-likeness (QED) is 0.843. The smallest absolute Gasteiger partial charge is 0.186 e. The van der Waals surface area contributed by atoms with Crippen molar-refractivity contribution in [2.75, 3.05) is 44.9 Å². The Labute approximate surface area is 112 Å². The van der Waals surface area contributed by atoms with Crippen LogP contribution >= 0.6 is 11.3 Å². The summed E-state index contributed by atoms with van der Waals surface area (Å²) in [5, 5.41) is 4.45. The highest BCUT2D eigenvalue weighted by Gasteiger charge is 2.18. The molecule has 1 aliphatic rings. The molecule has 0 aromatic carbocycles. The van der Waals surface area contributed by atoms with Crippen molar-refractivity contribution in [3.05, 3.63) is 10.6 Å². The van der Waals surface area contributed by atoms with E-state index >= 15 is 0 Å². The van der Waals surface area contributed by atoms with Gasteiger partial charge in [0.15, 0.2) is 5.13 Å². The molecule has 1 aliphatic heterocycles. The lowest BCUT2D eigenvalue weighted by Gasteiger charge is -2.26. The van der Waals surface area contributed by atoms with Gasteiger partial charge in [0.2, 0.25) is 0 Å². The fourth-order valence-electron chi connectivity index (χ4n) is 1.89. The maximum Gasteiger partial charge on any atom is 0.186 e. The topological polar surface area (TPSA) is 46.6 Å². The SMILES string of the molecule is CCNCc1sc(N2CCOCC2)nc1COC. The predicted molar refractivity (Wildman–Crippen MR) is 73.2 cm³/mol. The molecule has 1 N–H and O–H groups in total. The van der Waals surface area contributed by atoms with Gasteiger partial charge in [-0.2, -0.15) is 0 Å². The van der Waals surface area contributed by atoms with Crippen LogP contribution in [-0.2, 0) is 22.6 Å². The summed E-state index contributed by atoms with van der Waals surface area (Å²) in [6.07, 6.45) is 0. The zero-order valence-corrected chi connectivity index (χ0v) is 11.9. The molecule has 1 aromatic rings. The summed E-state index contributed by atoms with van der Waals surface area (Å²) in [5.74, 6) is 0. The van der Waals surface area contributed by atoms with Crippen molar-refractivity contribution in [2.24, 2.45) is 0 Å². The number of hydrogen-bond donors (Lipinski definition) is 1. The lowest BCUT2D eigenvalue weighted by atomic mass is 10.3. The fraction of sp³-hybridized carbons (Fsp3) is 0.750. The Morgan fingerprint density at radius 1 is 1.44 bits per heavy atom. The van der Waals surface area contributed by atoms with Gasteiger partial charge in [0.05, 0.1) is 25.5 Å². The minimum atomic E-state index is 0.585. The highest BCUT2D eigenvalue weighted by molar-refractivity contribution is 7.15. The minimum Gasteiger partial charge on any atom is -0.378 e. The van der Waals surface area contributed by atoms with Gasteiger partial charge < -0.3 is 19.7 Å². The van der Waals surface area contributed by atoms with Gasteiger partial charge in [-0.25, -0.2) is 4.98 Å². The largest absolute Gasteiger partial charge is 0.378 e. The number of methoxy groups -OCH3 is 1. The Morgan fingerprint density at radius 2 is 2.22 bits per heavy atom. The van der Waals surface area contributed by atoms with Gasteiger partial charge in [-0.05, 0) is 6.54 Å². The van der Waals surface area contributed by atoms with E-state index in [2.05, 4.69) is 17.1 Å². The molecule has 1 aromatic heterocycles. The van der Waals surface area contributed by atoms with E-state index in [1.807, 2.05) is 0 Å². The van der Waals surface area contributed by atoms with Crippen molar-refractivity contribution in [2.45, 2.75) is 20.1 Å². The number of aromatic nitrogens is 1. The number of anilines is 1. The zero-order chi connectivity index (χ0) is 12.8. The molecule has 0 amide bonds. The van der Waals surface area contributed by atoms with E-state index in [0.29, 0.717) is 6.61 Å². The number of rotatable bonds is 6. The van der Waals surface area contributed by atoms with E-state index in [1.165, 1.54) is 4.88 Å². The van der Waals surface area contributed by atoms with Crippen LogP contribution in [0.4, 0.5) is 5.13 Å². The van der Waals surface area contributed by atoms with Gasteiger partial charge in [-0.3, -0.25) is 0 Å². The molecule has 0 aliphatic carbocycles. The van der Waals surface area contributed by atoms with Crippen molar-refractivity contribution >= 4 is 16.5 Å². The highest BCUT2D eigenvalue weighted by Crippen LogP contribution is 2.27. The molecule has 102 valence electrons. The molecule has 18 heavy (non-hydrogen) atoms. The van der Waals surface area contributed by atoms with Crippen LogP contribution in [0.3, 0.4) is 0 Å². The Kier molecular flexibility index (Phi) is 5.37. The summed E-state index contributed by atoms with van der Waals surface area (Å²) < 4.78 is 10.6. The molecule has 5 nitrogen and oxygen atoms in total. The molecule has 1 fully saturated rings. The number of thiazole rings is 1. The average Bonchev–Trinajstić information content (AvgIpc) is 2.81. The van der Waals surface area contributed by atoms with E-state index < -0.39 is 0 Å². The first-order valence-electron chi connectivity index (χ1n) is 6.36. The van der Waals surface area contributed by atoms with Crippen molar-refractivity contribution in [1.82, 2.24) is 10.3 Å². The van der Waals surface area contributed by atoms with Gasteiger partial charge in [0.25, 0.3) is 0 Å². The number of morpholine rings is 1. The monoisotopic (exact) mass is 271 g/mol. The normalized spacial score (nSPS) is 16.2. The van der Waals surface area contributed by atoms with Crippen molar-refractivity contribution < 1.29 is 9.47 Å². The maximum absolute atomic E-state index is 5.37. The third-order valence-corrected chi connectivity index (χ3v) is 4.02. The first-order valence-corrected chi connectivity index (χ1v) is 7.17. The van der Waals surface area contributed by atoms with Crippen molar-refractivity contribution in [1.29, 1.82) is 0 Å². The summed E-state index contributed by atoms with van der Waals surface area (Å²) in [6, 6.07) is 0. The van der Waals surface area contributed by atoms with E-state index in [4.69, 9.17) is 14.5 Å². The fourth-order valence-corrected chi connectivity index (χ4v) is 2.97. The Balaban J connectivity index is 2.09. The molecule has 0 radical (unpaired) electrons. The van der Waals surface area contributed by atoms with E-state index in [0.717, 1.165) is 50.2 Å². The molecule has 2 heterocycles. The van der Waals surface area contributed by atoms with Crippen LogP contribution in [0, 0.1) is 0 Å². The second-order valence-corrected chi connectivity index (χ2v) is 5.24. The van der Waals surface area contributed by atoms with Crippen molar-refractivity contribution in [3.63, 3.8) is 0 Å². The van der Waals surface area contributed by atoms with Crippen LogP contribution in [0.15, 0.2) is 0 Å². The first-order chi connectivity index (χ1) is 8.85. The molecule has 0 atom stereocenters. The summed E-state index contributed by atoms with van der Waals surface area (Å²) in [4.78, 5) is 8.27. The molecule has 0 unspecified atom stereocenters. The second kappa shape index (κ2) is 7.04. The summed E-state index contributed by atoms with van der Waals surface area (Å²) >= 11 is 1.76. The van der Waals surface area contributed by atoms with Gasteiger partial charge >= 0.3 is 0 Å². The molecular formula is C12H21N3O2S. The Morgan fingerprint density at radius 3 is 2.89 bits per heavy atom. The number of nitrogens with one attached hydrogen (secondary N) is 1. The minimum absolute atomic E-state index is 0.585. The molecule has 1 saturated heterocycles. The molecule has 0 spiro atoms. The third kappa shape index (κ3) is 3.41. The van der Waals surface area contributed by atoms with Crippen LogP contribution in [0.2, 0.25) is 0 Å². The van der Waals surface area contributed by atoms with Crippen LogP contribution in [0.5, 0.6) is 0 Å². The number of nitrogens with zero attached hydrogens (tertiary/aromatic N) is 2. The van der Waals surface area contributed by atoms with Crippen LogP contribution < -0.4 is 10.2 Å². The van der Waals surface area contributed by atoms with E-state index in [9.17, 15) is 0 Å². The molecule has 0 saturated carbocycles. The van der Waals surface area contributed by atoms with Crippen LogP contribution in [0.25, 0.3) is 0 Å². The van der Waals surface area contributed by atoms with Gasteiger partial charge in [0, 0.05) is 31.6 Å². The second-order valence-electron chi connectivity index (χ2n) is 4.18. The van der Waals surface area contributed by atoms with E-state index in [-0.39, 0.29) is 0 Å². The highest BCUT2D eigenvalue weighted by atomic mass is 32.1. The maximum atomic E-state index is 5.37.